The summed E-state index contributed by atoms with van der Waals surface area (Å²) in [6, 6.07) is 3.75. The van der Waals surface area contributed by atoms with E-state index in [0.717, 1.165) is 11.5 Å². The number of primary amides is 1. The lowest BCUT2D eigenvalue weighted by atomic mass is 10.0. The van der Waals surface area contributed by atoms with Crippen LogP contribution in [0.3, 0.4) is 0 Å². The van der Waals surface area contributed by atoms with Crippen molar-refractivity contribution in [3.63, 3.8) is 0 Å². The van der Waals surface area contributed by atoms with E-state index in [4.69, 9.17) is 10.2 Å². The van der Waals surface area contributed by atoms with Gasteiger partial charge in [0.2, 0.25) is 5.91 Å². The number of furan rings is 1. The fraction of sp³-hybridized carbons (Fsp3) is 0.545. The number of amides is 1. The van der Waals surface area contributed by atoms with E-state index in [1.165, 1.54) is 0 Å². The second-order valence-corrected chi connectivity index (χ2v) is 4.30. The number of hydrogen-bond acceptors (Lipinski definition) is 3. The van der Waals surface area contributed by atoms with Crippen LogP contribution in [-0.2, 0) is 4.79 Å². The van der Waals surface area contributed by atoms with Crippen LogP contribution in [0.15, 0.2) is 16.5 Å². The average Bonchev–Trinajstić information content (AvgIpc) is 2.50. The number of carbonyl (C=O) groups is 1. The zero-order valence-electron chi connectivity index (χ0n) is 9.63. The number of hydrogen-bond donors (Lipinski definition) is 2. The molecule has 1 heterocycles. The van der Waals surface area contributed by atoms with Gasteiger partial charge in [0, 0.05) is 0 Å². The van der Waals surface area contributed by atoms with Crippen LogP contribution < -0.4 is 11.1 Å². The predicted octanol–water partition coefficient (Wildman–Crippen LogP) is 1.50. The Hall–Kier alpha value is -1.29. The Morgan fingerprint density at radius 1 is 1.53 bits per heavy atom. The van der Waals surface area contributed by atoms with Crippen molar-refractivity contribution in [2.24, 2.45) is 5.73 Å². The molecule has 4 heteroatoms. The number of nitrogens with one attached hydrogen (secondary N) is 1. The van der Waals surface area contributed by atoms with Gasteiger partial charge in [-0.1, -0.05) is 0 Å². The quantitative estimate of drug-likeness (QED) is 0.791. The second-order valence-electron chi connectivity index (χ2n) is 4.30. The lowest BCUT2D eigenvalue weighted by Gasteiger charge is -2.25. The van der Waals surface area contributed by atoms with E-state index >= 15 is 0 Å². The van der Waals surface area contributed by atoms with E-state index in [-0.39, 0.29) is 11.9 Å². The molecule has 0 radical (unpaired) electrons. The molecule has 3 N–H and O–H groups in total. The lowest BCUT2D eigenvalue weighted by molar-refractivity contribution is -0.123. The van der Waals surface area contributed by atoms with Crippen LogP contribution in [0.4, 0.5) is 0 Å². The topological polar surface area (TPSA) is 68.3 Å². The lowest BCUT2D eigenvalue weighted by Crippen LogP contribution is -2.51. The minimum atomic E-state index is -0.736. The summed E-state index contributed by atoms with van der Waals surface area (Å²) in [4.78, 5) is 11.1. The number of rotatable bonds is 4. The van der Waals surface area contributed by atoms with E-state index in [1.54, 1.807) is 13.8 Å². The highest BCUT2D eigenvalue weighted by atomic mass is 16.3. The molecule has 84 valence electrons. The van der Waals surface area contributed by atoms with Gasteiger partial charge in [-0.3, -0.25) is 10.1 Å². The third-order valence-electron chi connectivity index (χ3n) is 2.38. The maximum absolute atomic E-state index is 11.1. The third kappa shape index (κ3) is 2.83. The zero-order valence-corrected chi connectivity index (χ0v) is 9.63. The molecule has 0 bridgehead atoms. The highest BCUT2D eigenvalue weighted by molar-refractivity contribution is 5.83. The molecule has 0 saturated carbocycles. The van der Waals surface area contributed by atoms with E-state index in [2.05, 4.69) is 5.32 Å². The minimum Gasteiger partial charge on any atom is -0.465 e. The van der Waals surface area contributed by atoms with Crippen LogP contribution in [0.5, 0.6) is 0 Å². The first-order chi connectivity index (χ1) is 6.83. The third-order valence-corrected chi connectivity index (χ3v) is 2.38. The Kier molecular flexibility index (Phi) is 3.19. The standard InChI is InChI=1S/C11H18N2O2/c1-7-5-6-9(15-7)8(2)13-11(3,4)10(12)14/h5-6,8,13H,1-4H3,(H2,12,14). The molecule has 1 aromatic rings. The Bertz CT molecular complexity index is 355. The largest absolute Gasteiger partial charge is 0.465 e. The van der Waals surface area contributed by atoms with Gasteiger partial charge < -0.3 is 10.2 Å². The van der Waals surface area contributed by atoms with Crippen LogP contribution in [0, 0.1) is 6.92 Å². The summed E-state index contributed by atoms with van der Waals surface area (Å²) in [5.41, 5.74) is 4.53. The van der Waals surface area contributed by atoms with Crippen molar-refractivity contribution in [2.45, 2.75) is 39.3 Å². The van der Waals surface area contributed by atoms with Gasteiger partial charge in [-0.05, 0) is 39.8 Å². The van der Waals surface area contributed by atoms with Crippen molar-refractivity contribution in [1.82, 2.24) is 5.32 Å². The van der Waals surface area contributed by atoms with Crippen LogP contribution in [0.2, 0.25) is 0 Å². The molecular weight excluding hydrogens is 192 g/mol. The maximum atomic E-state index is 11.1. The summed E-state index contributed by atoms with van der Waals surface area (Å²) in [6.45, 7) is 7.32. The Morgan fingerprint density at radius 2 is 2.13 bits per heavy atom. The van der Waals surface area contributed by atoms with Gasteiger partial charge in [0.25, 0.3) is 0 Å². The van der Waals surface area contributed by atoms with E-state index in [9.17, 15) is 4.79 Å². The molecule has 0 spiro atoms. The Morgan fingerprint density at radius 3 is 2.53 bits per heavy atom. The van der Waals surface area contributed by atoms with Gasteiger partial charge in [-0.2, -0.15) is 0 Å². The fourth-order valence-corrected chi connectivity index (χ4v) is 1.37. The van der Waals surface area contributed by atoms with Crippen molar-refractivity contribution < 1.29 is 9.21 Å². The normalized spacial score (nSPS) is 13.9. The van der Waals surface area contributed by atoms with Crippen molar-refractivity contribution >= 4 is 5.91 Å². The van der Waals surface area contributed by atoms with Crippen LogP contribution in [0.25, 0.3) is 0 Å². The summed E-state index contributed by atoms with van der Waals surface area (Å²) in [7, 11) is 0. The van der Waals surface area contributed by atoms with Crippen LogP contribution in [0.1, 0.15) is 38.3 Å². The van der Waals surface area contributed by atoms with Crippen molar-refractivity contribution in [2.75, 3.05) is 0 Å². The summed E-state index contributed by atoms with van der Waals surface area (Å²) >= 11 is 0. The van der Waals surface area contributed by atoms with Crippen molar-refractivity contribution in [1.29, 1.82) is 0 Å². The molecule has 0 aliphatic heterocycles. The molecule has 15 heavy (non-hydrogen) atoms. The first-order valence-electron chi connectivity index (χ1n) is 4.97. The number of nitrogens with two attached hydrogens (primary N) is 1. The number of aryl methyl sites for hydroxylation is 1. The first kappa shape index (κ1) is 11.8. The van der Waals surface area contributed by atoms with Gasteiger partial charge >= 0.3 is 0 Å². The molecule has 1 atom stereocenters. The molecule has 0 aliphatic rings. The first-order valence-corrected chi connectivity index (χ1v) is 4.97. The molecule has 1 unspecified atom stereocenters. The van der Waals surface area contributed by atoms with Gasteiger partial charge in [0.05, 0.1) is 11.6 Å². The summed E-state index contributed by atoms with van der Waals surface area (Å²) in [5.74, 6) is 1.29. The Labute approximate surface area is 89.8 Å². The highest BCUT2D eigenvalue weighted by Gasteiger charge is 2.27. The maximum Gasteiger partial charge on any atom is 0.237 e. The fourth-order valence-electron chi connectivity index (χ4n) is 1.37. The van der Waals surface area contributed by atoms with Crippen LogP contribution in [-0.4, -0.2) is 11.4 Å². The summed E-state index contributed by atoms with van der Waals surface area (Å²) in [6.07, 6.45) is 0. The zero-order chi connectivity index (χ0) is 11.6. The van der Waals surface area contributed by atoms with Crippen molar-refractivity contribution in [3.8, 4) is 0 Å². The molecule has 0 aliphatic carbocycles. The highest BCUT2D eigenvalue weighted by Crippen LogP contribution is 2.18. The molecule has 1 rings (SSSR count). The molecular formula is C11H18N2O2. The van der Waals surface area contributed by atoms with E-state index < -0.39 is 5.54 Å². The van der Waals surface area contributed by atoms with Gasteiger partial charge in [0.15, 0.2) is 0 Å². The van der Waals surface area contributed by atoms with Gasteiger partial charge in [0.1, 0.15) is 11.5 Å². The minimum absolute atomic E-state index is 0.0406. The molecule has 1 aromatic heterocycles. The molecule has 0 saturated heterocycles. The van der Waals surface area contributed by atoms with Gasteiger partial charge in [-0.15, -0.1) is 0 Å². The van der Waals surface area contributed by atoms with E-state index in [0.29, 0.717) is 0 Å². The molecule has 0 aromatic carbocycles. The summed E-state index contributed by atoms with van der Waals surface area (Å²) in [5, 5.41) is 3.12. The average molecular weight is 210 g/mol. The summed E-state index contributed by atoms with van der Waals surface area (Å²) < 4.78 is 5.46. The molecule has 4 nitrogen and oxygen atoms in total. The predicted molar refractivity (Wildman–Crippen MR) is 58.3 cm³/mol. The second kappa shape index (κ2) is 4.06. The van der Waals surface area contributed by atoms with E-state index in [1.807, 2.05) is 26.0 Å². The number of carbonyl (C=O) groups excluding carboxylic acids is 1. The molecule has 0 fully saturated rings. The molecule has 1 amide bonds. The Balaban J connectivity index is 2.71. The van der Waals surface area contributed by atoms with Crippen LogP contribution >= 0.6 is 0 Å². The van der Waals surface area contributed by atoms with Gasteiger partial charge in [-0.25, -0.2) is 0 Å². The monoisotopic (exact) mass is 210 g/mol. The SMILES string of the molecule is Cc1ccc(C(C)NC(C)(C)C(N)=O)o1. The van der Waals surface area contributed by atoms with Crippen molar-refractivity contribution in [3.05, 3.63) is 23.7 Å². The smallest absolute Gasteiger partial charge is 0.237 e.